The van der Waals surface area contributed by atoms with E-state index >= 15 is 0 Å². The van der Waals surface area contributed by atoms with E-state index in [1.165, 1.54) is 0 Å². The second-order valence-corrected chi connectivity index (χ2v) is 5.35. The molecule has 0 spiro atoms. The van der Waals surface area contributed by atoms with Crippen molar-refractivity contribution in [1.29, 1.82) is 0 Å². The van der Waals surface area contributed by atoms with Gasteiger partial charge in [-0.25, -0.2) is 0 Å². The highest BCUT2D eigenvalue weighted by molar-refractivity contribution is 6.30. The minimum absolute atomic E-state index is 0.0327. The molecular formula is C17H18ClNO2. The van der Waals surface area contributed by atoms with Gasteiger partial charge in [0.1, 0.15) is 13.2 Å². The fraction of sp³-hybridized carbons (Fsp3) is 0.294. The molecule has 1 heterocycles. The normalized spacial score (nSPS) is 14.8. The third-order valence-corrected chi connectivity index (χ3v) is 3.73. The van der Waals surface area contributed by atoms with Crippen LogP contribution in [0.2, 0.25) is 5.02 Å². The van der Waals surface area contributed by atoms with Crippen molar-refractivity contribution in [3.05, 3.63) is 58.6 Å². The number of fused-ring (bicyclic) bond motifs is 1. The maximum absolute atomic E-state index is 6.14. The molecule has 0 saturated carbocycles. The molecule has 0 saturated heterocycles. The summed E-state index contributed by atoms with van der Waals surface area (Å²) < 4.78 is 11.5. The van der Waals surface area contributed by atoms with Crippen LogP contribution in [-0.4, -0.2) is 19.8 Å². The molecule has 2 aromatic rings. The highest BCUT2D eigenvalue weighted by Gasteiger charge is 2.22. The minimum Gasteiger partial charge on any atom is -0.486 e. The second-order valence-electron chi connectivity index (χ2n) is 4.92. The smallest absolute Gasteiger partial charge is 0.166 e. The van der Waals surface area contributed by atoms with Crippen LogP contribution in [0.4, 0.5) is 0 Å². The maximum Gasteiger partial charge on any atom is 0.166 e. The Morgan fingerprint density at radius 3 is 2.76 bits per heavy atom. The van der Waals surface area contributed by atoms with E-state index in [0.29, 0.717) is 13.2 Å². The van der Waals surface area contributed by atoms with E-state index in [4.69, 9.17) is 21.1 Å². The van der Waals surface area contributed by atoms with Gasteiger partial charge < -0.3 is 14.8 Å². The van der Waals surface area contributed by atoms with Crippen molar-refractivity contribution in [1.82, 2.24) is 5.32 Å². The van der Waals surface area contributed by atoms with E-state index in [1.54, 1.807) is 0 Å². The summed E-state index contributed by atoms with van der Waals surface area (Å²) in [6.45, 7) is 4.11. The first kappa shape index (κ1) is 14.2. The molecule has 0 bridgehead atoms. The van der Waals surface area contributed by atoms with Crippen molar-refractivity contribution in [3.8, 4) is 11.5 Å². The lowest BCUT2D eigenvalue weighted by atomic mass is 9.97. The lowest BCUT2D eigenvalue weighted by molar-refractivity contribution is 0.169. The van der Waals surface area contributed by atoms with E-state index in [9.17, 15) is 0 Å². The number of ether oxygens (including phenoxy) is 2. The van der Waals surface area contributed by atoms with Gasteiger partial charge >= 0.3 is 0 Å². The largest absolute Gasteiger partial charge is 0.486 e. The summed E-state index contributed by atoms with van der Waals surface area (Å²) in [5, 5.41) is 4.23. The third-order valence-electron chi connectivity index (χ3n) is 3.50. The summed E-state index contributed by atoms with van der Waals surface area (Å²) in [7, 11) is 0. The summed E-state index contributed by atoms with van der Waals surface area (Å²) >= 11 is 6.14. The molecule has 1 aliphatic heterocycles. The zero-order valence-corrected chi connectivity index (χ0v) is 12.7. The number of nitrogens with one attached hydrogen (secondary N) is 1. The van der Waals surface area contributed by atoms with Gasteiger partial charge in [-0.3, -0.25) is 0 Å². The average Bonchev–Trinajstić information content (AvgIpc) is 2.52. The van der Waals surface area contributed by atoms with Crippen molar-refractivity contribution >= 4 is 11.6 Å². The molecule has 0 fully saturated rings. The van der Waals surface area contributed by atoms with Crippen molar-refractivity contribution in [2.75, 3.05) is 19.8 Å². The summed E-state index contributed by atoms with van der Waals surface area (Å²) in [5.41, 5.74) is 2.20. The molecular weight excluding hydrogens is 286 g/mol. The van der Waals surface area contributed by atoms with Crippen LogP contribution in [0, 0.1) is 0 Å². The maximum atomic E-state index is 6.14. The second kappa shape index (κ2) is 6.37. The Balaban J connectivity index is 2.05. The van der Waals surface area contributed by atoms with Gasteiger partial charge in [0.15, 0.2) is 11.5 Å². The standard InChI is InChI=1S/C17H18ClNO2/c1-2-19-16(12-5-3-6-13(18)11-12)14-7-4-8-15-17(14)21-10-9-20-15/h3-8,11,16,19H,2,9-10H2,1H3. The van der Waals surface area contributed by atoms with Gasteiger partial charge in [-0.15, -0.1) is 0 Å². The molecule has 0 aromatic heterocycles. The zero-order valence-electron chi connectivity index (χ0n) is 11.9. The molecule has 0 amide bonds. The van der Waals surface area contributed by atoms with E-state index in [1.807, 2.05) is 30.3 Å². The Kier molecular flexibility index (Phi) is 4.32. The Morgan fingerprint density at radius 2 is 1.95 bits per heavy atom. The van der Waals surface area contributed by atoms with Crippen LogP contribution in [0.25, 0.3) is 0 Å². The Bertz CT molecular complexity index is 630. The number of benzene rings is 2. The molecule has 110 valence electrons. The third kappa shape index (κ3) is 2.99. The van der Waals surface area contributed by atoms with Gasteiger partial charge in [0.25, 0.3) is 0 Å². The van der Waals surface area contributed by atoms with E-state index in [2.05, 4.69) is 24.4 Å². The highest BCUT2D eigenvalue weighted by Crippen LogP contribution is 2.39. The molecule has 1 atom stereocenters. The van der Waals surface area contributed by atoms with Gasteiger partial charge in [0, 0.05) is 10.6 Å². The zero-order chi connectivity index (χ0) is 14.7. The first-order valence-electron chi connectivity index (χ1n) is 7.17. The predicted molar refractivity (Wildman–Crippen MR) is 84.4 cm³/mol. The van der Waals surface area contributed by atoms with Crippen LogP contribution >= 0.6 is 11.6 Å². The first-order valence-corrected chi connectivity index (χ1v) is 7.54. The number of hydrogen-bond acceptors (Lipinski definition) is 3. The molecule has 4 heteroatoms. The molecule has 1 unspecified atom stereocenters. The topological polar surface area (TPSA) is 30.5 Å². The Labute approximate surface area is 129 Å². The first-order chi connectivity index (χ1) is 10.3. The van der Waals surface area contributed by atoms with Crippen molar-refractivity contribution in [3.63, 3.8) is 0 Å². The fourth-order valence-electron chi connectivity index (χ4n) is 2.62. The van der Waals surface area contributed by atoms with Crippen molar-refractivity contribution in [2.24, 2.45) is 0 Å². The lowest BCUT2D eigenvalue weighted by Gasteiger charge is -2.26. The quantitative estimate of drug-likeness (QED) is 0.931. The van der Waals surface area contributed by atoms with Crippen LogP contribution in [-0.2, 0) is 0 Å². The average molecular weight is 304 g/mol. The van der Waals surface area contributed by atoms with Crippen LogP contribution < -0.4 is 14.8 Å². The van der Waals surface area contributed by atoms with E-state index in [-0.39, 0.29) is 6.04 Å². The summed E-state index contributed by atoms with van der Waals surface area (Å²) in [4.78, 5) is 0. The summed E-state index contributed by atoms with van der Waals surface area (Å²) in [5.74, 6) is 1.64. The molecule has 21 heavy (non-hydrogen) atoms. The van der Waals surface area contributed by atoms with Crippen LogP contribution in [0.5, 0.6) is 11.5 Å². The van der Waals surface area contributed by atoms with Gasteiger partial charge in [0.05, 0.1) is 6.04 Å². The lowest BCUT2D eigenvalue weighted by Crippen LogP contribution is -2.24. The Hall–Kier alpha value is -1.71. The van der Waals surface area contributed by atoms with E-state index < -0.39 is 0 Å². The van der Waals surface area contributed by atoms with Crippen LogP contribution in [0.1, 0.15) is 24.1 Å². The summed E-state index contributed by atoms with van der Waals surface area (Å²) in [6.07, 6.45) is 0. The van der Waals surface area contributed by atoms with E-state index in [0.717, 1.165) is 34.2 Å². The number of halogens is 1. The van der Waals surface area contributed by atoms with Crippen molar-refractivity contribution < 1.29 is 9.47 Å². The van der Waals surface area contributed by atoms with Gasteiger partial charge in [0.2, 0.25) is 0 Å². The van der Waals surface area contributed by atoms with Gasteiger partial charge in [-0.2, -0.15) is 0 Å². The molecule has 0 radical (unpaired) electrons. The molecule has 1 N–H and O–H groups in total. The molecule has 3 rings (SSSR count). The number of hydrogen-bond donors (Lipinski definition) is 1. The van der Waals surface area contributed by atoms with Crippen molar-refractivity contribution in [2.45, 2.75) is 13.0 Å². The molecule has 2 aromatic carbocycles. The SMILES string of the molecule is CCNC(c1cccc(Cl)c1)c1cccc2c1OCCO2. The molecule has 3 nitrogen and oxygen atoms in total. The summed E-state index contributed by atoms with van der Waals surface area (Å²) in [6, 6.07) is 14.0. The fourth-order valence-corrected chi connectivity index (χ4v) is 2.82. The molecule has 1 aliphatic rings. The van der Waals surface area contributed by atoms with Crippen LogP contribution in [0.15, 0.2) is 42.5 Å². The minimum atomic E-state index is 0.0327. The number of para-hydroxylation sites is 1. The highest BCUT2D eigenvalue weighted by atomic mass is 35.5. The van der Waals surface area contributed by atoms with Gasteiger partial charge in [-0.1, -0.05) is 42.8 Å². The van der Waals surface area contributed by atoms with Crippen LogP contribution in [0.3, 0.4) is 0 Å². The Morgan fingerprint density at radius 1 is 1.14 bits per heavy atom. The monoisotopic (exact) mass is 303 g/mol. The van der Waals surface area contributed by atoms with Gasteiger partial charge in [-0.05, 0) is 30.3 Å². The molecule has 0 aliphatic carbocycles. The number of rotatable bonds is 4. The predicted octanol–water partition coefficient (Wildman–Crippen LogP) is 3.81.